The quantitative estimate of drug-likeness (QED) is 0.655. The second kappa shape index (κ2) is 3.79. The number of carboxylic acids is 1. The molecule has 0 amide bonds. The van der Waals surface area contributed by atoms with Crippen molar-refractivity contribution in [2.45, 2.75) is 25.3 Å². The zero-order valence-corrected chi connectivity index (χ0v) is 7.79. The van der Waals surface area contributed by atoms with Crippen molar-refractivity contribution in [3.05, 3.63) is 17.5 Å². The molecular weight excluding hydrogens is 182 g/mol. The SMILES string of the molecule is O=C(O)c1cc(C2CCCCN2)[nH]n1. The lowest BCUT2D eigenvalue weighted by atomic mass is 10.0. The first-order chi connectivity index (χ1) is 6.77. The van der Waals surface area contributed by atoms with Gasteiger partial charge in [0.2, 0.25) is 0 Å². The summed E-state index contributed by atoms with van der Waals surface area (Å²) in [5.41, 5.74) is 0.967. The summed E-state index contributed by atoms with van der Waals surface area (Å²) in [6.45, 7) is 0.992. The molecule has 5 heteroatoms. The van der Waals surface area contributed by atoms with Gasteiger partial charge in [0.25, 0.3) is 0 Å². The van der Waals surface area contributed by atoms with Crippen LogP contribution in [0.4, 0.5) is 0 Å². The Hall–Kier alpha value is -1.36. The number of nitrogens with one attached hydrogen (secondary N) is 2. The van der Waals surface area contributed by atoms with Gasteiger partial charge in [0.05, 0.1) is 5.69 Å². The van der Waals surface area contributed by atoms with Crippen molar-refractivity contribution in [2.75, 3.05) is 6.54 Å². The predicted octanol–water partition coefficient (Wildman–Crippen LogP) is 0.922. The Morgan fingerprint density at radius 2 is 2.43 bits per heavy atom. The highest BCUT2D eigenvalue weighted by atomic mass is 16.4. The summed E-state index contributed by atoms with van der Waals surface area (Å²) in [6.07, 6.45) is 3.41. The van der Waals surface area contributed by atoms with Crippen LogP contribution in [-0.4, -0.2) is 27.8 Å². The van der Waals surface area contributed by atoms with Crippen molar-refractivity contribution < 1.29 is 9.90 Å². The monoisotopic (exact) mass is 195 g/mol. The number of rotatable bonds is 2. The van der Waals surface area contributed by atoms with E-state index in [1.807, 2.05) is 0 Å². The number of nitrogens with zero attached hydrogens (tertiary/aromatic N) is 1. The van der Waals surface area contributed by atoms with Crippen LogP contribution in [0.25, 0.3) is 0 Å². The fraction of sp³-hybridized carbons (Fsp3) is 0.556. The predicted molar refractivity (Wildman–Crippen MR) is 50.1 cm³/mol. The van der Waals surface area contributed by atoms with Crippen molar-refractivity contribution in [1.82, 2.24) is 15.5 Å². The Kier molecular flexibility index (Phi) is 2.49. The third-order valence-corrected chi connectivity index (χ3v) is 2.50. The molecule has 0 radical (unpaired) electrons. The molecule has 1 unspecified atom stereocenters. The number of carboxylic acid groups (broad SMARTS) is 1. The van der Waals surface area contributed by atoms with E-state index >= 15 is 0 Å². The Bertz CT molecular complexity index is 329. The zero-order valence-electron chi connectivity index (χ0n) is 7.79. The van der Waals surface area contributed by atoms with Crippen molar-refractivity contribution in [3.8, 4) is 0 Å². The highest BCUT2D eigenvalue weighted by molar-refractivity contribution is 5.85. The molecule has 1 fully saturated rings. The molecule has 2 rings (SSSR count). The number of aromatic amines is 1. The van der Waals surface area contributed by atoms with Crippen LogP contribution < -0.4 is 5.32 Å². The topological polar surface area (TPSA) is 78.0 Å². The molecule has 2 heterocycles. The van der Waals surface area contributed by atoms with Crippen LogP contribution in [-0.2, 0) is 0 Å². The summed E-state index contributed by atoms with van der Waals surface area (Å²) < 4.78 is 0. The first-order valence-electron chi connectivity index (χ1n) is 4.79. The zero-order chi connectivity index (χ0) is 9.97. The molecule has 0 aromatic carbocycles. The van der Waals surface area contributed by atoms with E-state index < -0.39 is 5.97 Å². The highest BCUT2D eigenvalue weighted by Gasteiger charge is 2.18. The van der Waals surface area contributed by atoms with E-state index in [0.29, 0.717) is 0 Å². The molecule has 0 saturated carbocycles. The van der Waals surface area contributed by atoms with Gasteiger partial charge in [-0.05, 0) is 25.5 Å². The molecular formula is C9H13N3O2. The van der Waals surface area contributed by atoms with Crippen LogP contribution in [0.1, 0.15) is 41.5 Å². The average Bonchev–Trinajstić information content (AvgIpc) is 2.68. The molecule has 76 valence electrons. The molecule has 0 aliphatic carbocycles. The highest BCUT2D eigenvalue weighted by Crippen LogP contribution is 2.21. The molecule has 1 atom stereocenters. The van der Waals surface area contributed by atoms with Gasteiger partial charge in [-0.3, -0.25) is 5.10 Å². The Balaban J connectivity index is 2.11. The summed E-state index contributed by atoms with van der Waals surface area (Å²) in [4.78, 5) is 10.6. The number of piperidine rings is 1. The molecule has 1 aromatic heterocycles. The third-order valence-electron chi connectivity index (χ3n) is 2.50. The van der Waals surface area contributed by atoms with Gasteiger partial charge in [-0.2, -0.15) is 5.10 Å². The number of aromatic carboxylic acids is 1. The Labute approximate surface area is 81.5 Å². The second-order valence-electron chi connectivity index (χ2n) is 3.52. The Morgan fingerprint density at radius 3 is 3.00 bits per heavy atom. The normalized spacial score (nSPS) is 22.1. The molecule has 5 nitrogen and oxygen atoms in total. The molecule has 1 aliphatic rings. The Morgan fingerprint density at radius 1 is 1.57 bits per heavy atom. The van der Waals surface area contributed by atoms with E-state index in [0.717, 1.165) is 18.7 Å². The molecule has 1 aliphatic heterocycles. The minimum Gasteiger partial charge on any atom is -0.476 e. The first kappa shape index (κ1) is 9.21. The first-order valence-corrected chi connectivity index (χ1v) is 4.79. The largest absolute Gasteiger partial charge is 0.476 e. The van der Waals surface area contributed by atoms with E-state index in [4.69, 9.17) is 5.11 Å². The number of carbonyl (C=O) groups is 1. The van der Waals surface area contributed by atoms with Gasteiger partial charge in [0, 0.05) is 6.04 Å². The lowest BCUT2D eigenvalue weighted by molar-refractivity contribution is 0.0690. The van der Waals surface area contributed by atoms with E-state index in [2.05, 4.69) is 15.5 Å². The molecule has 3 N–H and O–H groups in total. The summed E-state index contributed by atoms with van der Waals surface area (Å²) in [6, 6.07) is 1.84. The summed E-state index contributed by atoms with van der Waals surface area (Å²) in [7, 11) is 0. The van der Waals surface area contributed by atoms with Crippen LogP contribution in [0.15, 0.2) is 6.07 Å². The number of hydrogen-bond donors (Lipinski definition) is 3. The summed E-state index contributed by atoms with van der Waals surface area (Å²) >= 11 is 0. The minimum atomic E-state index is -0.983. The summed E-state index contributed by atoms with van der Waals surface area (Å²) in [5.74, 6) is -0.983. The standard InChI is InChI=1S/C9H13N3O2/c13-9(14)8-5-7(11-12-8)6-3-1-2-4-10-6/h5-6,10H,1-4H2,(H,11,12)(H,13,14). The minimum absolute atomic E-state index is 0.0902. The fourth-order valence-corrected chi connectivity index (χ4v) is 1.74. The van der Waals surface area contributed by atoms with Gasteiger partial charge >= 0.3 is 5.97 Å². The fourth-order valence-electron chi connectivity index (χ4n) is 1.74. The molecule has 1 saturated heterocycles. The van der Waals surface area contributed by atoms with Crippen LogP contribution in [0.3, 0.4) is 0 Å². The van der Waals surface area contributed by atoms with E-state index in [1.165, 1.54) is 12.8 Å². The second-order valence-corrected chi connectivity index (χ2v) is 3.52. The lowest BCUT2D eigenvalue weighted by Crippen LogP contribution is -2.26. The molecule has 1 aromatic rings. The van der Waals surface area contributed by atoms with E-state index in [9.17, 15) is 4.79 Å². The number of aromatic nitrogens is 2. The van der Waals surface area contributed by atoms with Gasteiger partial charge in [-0.25, -0.2) is 4.79 Å². The van der Waals surface area contributed by atoms with Gasteiger partial charge < -0.3 is 10.4 Å². The van der Waals surface area contributed by atoms with Crippen molar-refractivity contribution >= 4 is 5.97 Å². The molecule has 0 bridgehead atoms. The van der Waals surface area contributed by atoms with Gasteiger partial charge in [0.15, 0.2) is 5.69 Å². The van der Waals surface area contributed by atoms with Crippen LogP contribution in [0.5, 0.6) is 0 Å². The van der Waals surface area contributed by atoms with Crippen molar-refractivity contribution in [2.24, 2.45) is 0 Å². The van der Waals surface area contributed by atoms with Gasteiger partial charge in [-0.15, -0.1) is 0 Å². The maximum absolute atomic E-state index is 10.6. The average molecular weight is 195 g/mol. The van der Waals surface area contributed by atoms with Crippen LogP contribution >= 0.6 is 0 Å². The lowest BCUT2D eigenvalue weighted by Gasteiger charge is -2.21. The van der Waals surface area contributed by atoms with Crippen molar-refractivity contribution in [3.63, 3.8) is 0 Å². The smallest absolute Gasteiger partial charge is 0.356 e. The summed E-state index contributed by atoms with van der Waals surface area (Å²) in [5, 5.41) is 18.5. The van der Waals surface area contributed by atoms with Gasteiger partial charge in [-0.1, -0.05) is 6.42 Å². The third kappa shape index (κ3) is 1.77. The molecule has 14 heavy (non-hydrogen) atoms. The van der Waals surface area contributed by atoms with Gasteiger partial charge in [0.1, 0.15) is 0 Å². The van der Waals surface area contributed by atoms with Crippen LogP contribution in [0.2, 0.25) is 0 Å². The number of H-pyrrole nitrogens is 1. The molecule has 0 spiro atoms. The van der Waals surface area contributed by atoms with E-state index in [1.54, 1.807) is 6.07 Å². The maximum atomic E-state index is 10.6. The van der Waals surface area contributed by atoms with E-state index in [-0.39, 0.29) is 11.7 Å². The number of hydrogen-bond acceptors (Lipinski definition) is 3. The maximum Gasteiger partial charge on any atom is 0.356 e. The van der Waals surface area contributed by atoms with Crippen molar-refractivity contribution in [1.29, 1.82) is 0 Å². The van der Waals surface area contributed by atoms with Crippen LogP contribution in [0, 0.1) is 0 Å².